The van der Waals surface area contributed by atoms with E-state index in [0.29, 0.717) is 18.1 Å². The fourth-order valence-corrected chi connectivity index (χ4v) is 2.35. The van der Waals surface area contributed by atoms with E-state index in [-0.39, 0.29) is 5.91 Å². The Morgan fingerprint density at radius 2 is 1.79 bits per heavy atom. The summed E-state index contributed by atoms with van der Waals surface area (Å²) >= 11 is 0. The second-order valence-corrected chi connectivity index (χ2v) is 6.11. The molecule has 0 atom stereocenters. The zero-order chi connectivity index (χ0) is 17.5. The van der Waals surface area contributed by atoms with Gasteiger partial charge in [0.05, 0.1) is 0 Å². The van der Waals surface area contributed by atoms with Gasteiger partial charge in [-0.2, -0.15) is 0 Å². The predicted molar refractivity (Wildman–Crippen MR) is 96.7 cm³/mol. The van der Waals surface area contributed by atoms with Crippen LogP contribution in [0.1, 0.15) is 28.0 Å². The average molecular weight is 327 g/mol. The molecule has 1 amide bonds. The van der Waals surface area contributed by atoms with E-state index >= 15 is 0 Å². The van der Waals surface area contributed by atoms with Crippen LogP contribution in [-0.2, 0) is 0 Å². The number of nitrogens with one attached hydrogen (secondary N) is 2. The van der Waals surface area contributed by atoms with Gasteiger partial charge in [-0.15, -0.1) is 10.2 Å². The molecule has 0 aliphatic heterocycles. The number of anilines is 2. The van der Waals surface area contributed by atoms with Gasteiger partial charge in [-0.25, -0.2) is 0 Å². The van der Waals surface area contributed by atoms with Gasteiger partial charge in [0.25, 0.3) is 5.91 Å². The van der Waals surface area contributed by atoms with Crippen LogP contribution in [-0.4, -0.2) is 48.2 Å². The van der Waals surface area contributed by atoms with Gasteiger partial charge in [0.1, 0.15) is 0 Å². The molecule has 0 aliphatic rings. The second kappa shape index (κ2) is 8.40. The molecule has 6 heteroatoms. The Balaban J connectivity index is 1.94. The summed E-state index contributed by atoms with van der Waals surface area (Å²) in [5.41, 5.74) is 3.62. The Kier molecular flexibility index (Phi) is 6.26. The van der Waals surface area contributed by atoms with Crippen molar-refractivity contribution in [3.63, 3.8) is 0 Å². The largest absolute Gasteiger partial charge is 0.351 e. The smallest absolute Gasteiger partial charge is 0.271 e. The summed E-state index contributed by atoms with van der Waals surface area (Å²) in [6, 6.07) is 9.56. The van der Waals surface area contributed by atoms with Crippen LogP contribution in [0.5, 0.6) is 0 Å². The lowest BCUT2D eigenvalue weighted by atomic mass is 10.1. The van der Waals surface area contributed by atoms with Crippen LogP contribution in [0, 0.1) is 13.8 Å². The first-order chi connectivity index (χ1) is 11.5. The lowest BCUT2D eigenvalue weighted by Gasteiger charge is -2.12. The topological polar surface area (TPSA) is 70.2 Å². The van der Waals surface area contributed by atoms with E-state index in [1.54, 1.807) is 12.1 Å². The van der Waals surface area contributed by atoms with Gasteiger partial charge < -0.3 is 15.5 Å². The molecule has 2 aromatic rings. The number of carbonyl (C=O) groups is 1. The van der Waals surface area contributed by atoms with Crippen molar-refractivity contribution < 1.29 is 4.79 Å². The maximum atomic E-state index is 12.0. The van der Waals surface area contributed by atoms with E-state index in [1.165, 1.54) is 0 Å². The molecule has 0 fully saturated rings. The van der Waals surface area contributed by atoms with E-state index in [2.05, 4.69) is 25.7 Å². The average Bonchev–Trinajstić information content (AvgIpc) is 2.55. The Labute approximate surface area is 143 Å². The first-order valence-electron chi connectivity index (χ1n) is 8.07. The summed E-state index contributed by atoms with van der Waals surface area (Å²) in [7, 11) is 4.02. The molecule has 0 bridgehead atoms. The van der Waals surface area contributed by atoms with Gasteiger partial charge in [-0.05, 0) is 64.2 Å². The quantitative estimate of drug-likeness (QED) is 0.765. The highest BCUT2D eigenvalue weighted by molar-refractivity contribution is 5.92. The number of nitrogens with zero attached hydrogens (tertiary/aromatic N) is 3. The first-order valence-corrected chi connectivity index (χ1v) is 8.07. The predicted octanol–water partition coefficient (Wildman–Crippen LogP) is 2.52. The minimum Gasteiger partial charge on any atom is -0.351 e. The van der Waals surface area contributed by atoms with Gasteiger partial charge >= 0.3 is 0 Å². The molecule has 2 rings (SSSR count). The van der Waals surface area contributed by atoms with Crippen LogP contribution in [0.3, 0.4) is 0 Å². The summed E-state index contributed by atoms with van der Waals surface area (Å²) in [5.74, 6) is 0.427. The minimum atomic E-state index is -0.195. The number of hydrogen-bond acceptors (Lipinski definition) is 5. The van der Waals surface area contributed by atoms with E-state index in [9.17, 15) is 4.79 Å². The third-order valence-corrected chi connectivity index (χ3v) is 3.70. The molecule has 0 unspecified atom stereocenters. The number of hydrogen-bond donors (Lipinski definition) is 2. The van der Waals surface area contributed by atoms with Crippen molar-refractivity contribution in [3.8, 4) is 0 Å². The van der Waals surface area contributed by atoms with Crippen molar-refractivity contribution in [3.05, 3.63) is 47.2 Å². The molecule has 0 aliphatic carbocycles. The van der Waals surface area contributed by atoms with Crippen LogP contribution in [0.4, 0.5) is 11.5 Å². The first kappa shape index (κ1) is 17.9. The van der Waals surface area contributed by atoms with Crippen LogP contribution >= 0.6 is 0 Å². The highest BCUT2D eigenvalue weighted by Crippen LogP contribution is 2.22. The number of amides is 1. The molecule has 24 heavy (non-hydrogen) atoms. The van der Waals surface area contributed by atoms with Crippen LogP contribution in [0.15, 0.2) is 30.3 Å². The lowest BCUT2D eigenvalue weighted by Crippen LogP contribution is -2.28. The number of carbonyl (C=O) groups excluding carboxylic acids is 1. The van der Waals surface area contributed by atoms with Crippen LogP contribution < -0.4 is 10.6 Å². The fourth-order valence-electron chi connectivity index (χ4n) is 2.35. The van der Waals surface area contributed by atoms with E-state index in [4.69, 9.17) is 0 Å². The van der Waals surface area contributed by atoms with Gasteiger partial charge in [0.2, 0.25) is 0 Å². The number of aryl methyl sites for hydroxylation is 2. The van der Waals surface area contributed by atoms with Crippen molar-refractivity contribution in [2.75, 3.05) is 32.5 Å². The Bertz CT molecular complexity index is 662. The van der Waals surface area contributed by atoms with Crippen molar-refractivity contribution >= 4 is 17.4 Å². The maximum absolute atomic E-state index is 12.0. The van der Waals surface area contributed by atoms with Crippen molar-refractivity contribution in [2.45, 2.75) is 20.3 Å². The molecular weight excluding hydrogens is 302 g/mol. The molecule has 0 saturated heterocycles. The molecule has 128 valence electrons. The summed E-state index contributed by atoms with van der Waals surface area (Å²) in [4.78, 5) is 14.1. The molecule has 0 saturated carbocycles. The van der Waals surface area contributed by atoms with Gasteiger partial charge in [-0.3, -0.25) is 4.79 Å². The normalized spacial score (nSPS) is 10.7. The molecule has 1 heterocycles. The number of rotatable bonds is 7. The zero-order valence-corrected chi connectivity index (χ0v) is 14.8. The molecule has 2 N–H and O–H groups in total. The van der Waals surface area contributed by atoms with Crippen LogP contribution in [0.2, 0.25) is 0 Å². The summed E-state index contributed by atoms with van der Waals surface area (Å²) < 4.78 is 0. The Hall–Kier alpha value is -2.47. The summed E-state index contributed by atoms with van der Waals surface area (Å²) in [5, 5.41) is 14.2. The van der Waals surface area contributed by atoms with Gasteiger partial charge in [-0.1, -0.05) is 18.2 Å². The third-order valence-electron chi connectivity index (χ3n) is 3.70. The van der Waals surface area contributed by atoms with Gasteiger partial charge in [0.15, 0.2) is 11.5 Å². The van der Waals surface area contributed by atoms with Crippen LogP contribution in [0.25, 0.3) is 0 Å². The summed E-state index contributed by atoms with van der Waals surface area (Å²) in [6.07, 6.45) is 0.901. The lowest BCUT2D eigenvalue weighted by molar-refractivity contribution is 0.0946. The molecule has 1 aromatic heterocycles. The Morgan fingerprint density at radius 1 is 1.08 bits per heavy atom. The highest BCUT2D eigenvalue weighted by Gasteiger charge is 2.09. The zero-order valence-electron chi connectivity index (χ0n) is 14.8. The second-order valence-electron chi connectivity index (χ2n) is 6.11. The monoisotopic (exact) mass is 327 g/mol. The van der Waals surface area contributed by atoms with Crippen molar-refractivity contribution in [2.24, 2.45) is 0 Å². The van der Waals surface area contributed by atoms with Crippen molar-refractivity contribution in [1.82, 2.24) is 20.4 Å². The standard InChI is InChI=1S/C18H25N5O/c1-13-7-5-8-14(2)17(13)20-16-10-9-15(21-22-16)18(24)19-11-6-12-23(3)4/h5,7-10H,6,11-12H2,1-4H3,(H,19,24)(H,20,22). The van der Waals surface area contributed by atoms with Gasteiger partial charge in [0, 0.05) is 12.2 Å². The highest BCUT2D eigenvalue weighted by atomic mass is 16.1. The molecule has 0 spiro atoms. The Morgan fingerprint density at radius 3 is 2.38 bits per heavy atom. The molecular formula is C18H25N5O. The molecule has 1 aromatic carbocycles. The maximum Gasteiger partial charge on any atom is 0.271 e. The van der Waals surface area contributed by atoms with E-state index < -0.39 is 0 Å². The fraction of sp³-hybridized carbons (Fsp3) is 0.389. The van der Waals surface area contributed by atoms with E-state index in [1.807, 2.05) is 46.1 Å². The third kappa shape index (κ3) is 5.03. The molecule has 0 radical (unpaired) electrons. The SMILES string of the molecule is Cc1cccc(C)c1Nc1ccc(C(=O)NCCCN(C)C)nn1. The minimum absolute atomic E-state index is 0.195. The molecule has 6 nitrogen and oxygen atoms in total. The summed E-state index contributed by atoms with van der Waals surface area (Å²) in [6.45, 7) is 5.64. The van der Waals surface area contributed by atoms with E-state index in [0.717, 1.165) is 29.8 Å². The van der Waals surface area contributed by atoms with Crippen molar-refractivity contribution in [1.29, 1.82) is 0 Å². The number of benzene rings is 1. The number of aromatic nitrogens is 2. The number of para-hydroxylation sites is 1.